The first-order valence-electron chi connectivity index (χ1n) is 6.66. The molecule has 1 aromatic rings. The van der Waals surface area contributed by atoms with Gasteiger partial charge in [0.05, 0.1) is 11.7 Å². The molecule has 0 radical (unpaired) electrons. The summed E-state index contributed by atoms with van der Waals surface area (Å²) in [5.74, 6) is -0.0529. The number of hydrogen-bond donors (Lipinski definition) is 1. The molecular formula is C14H19N3O2. The van der Waals surface area contributed by atoms with Crippen LogP contribution in [-0.2, 0) is 4.79 Å². The molecule has 1 aliphatic rings. The smallest absolute Gasteiger partial charge is 0.269 e. The first kappa shape index (κ1) is 13.5. The van der Waals surface area contributed by atoms with E-state index in [1.807, 2.05) is 24.0 Å². The fourth-order valence-electron chi connectivity index (χ4n) is 2.47. The average molecular weight is 261 g/mol. The zero-order valence-corrected chi connectivity index (χ0v) is 11.3. The summed E-state index contributed by atoms with van der Waals surface area (Å²) in [6.45, 7) is 2.65. The molecule has 2 rings (SSSR count). The first-order chi connectivity index (χ1) is 9.17. The minimum atomic E-state index is -0.201. The lowest BCUT2D eigenvalue weighted by atomic mass is 10.1. The molecule has 0 unspecified atom stereocenters. The van der Waals surface area contributed by atoms with Crippen molar-refractivity contribution >= 4 is 11.8 Å². The number of nitrogens with zero attached hydrogens (tertiary/aromatic N) is 2. The molecule has 1 aromatic heterocycles. The van der Waals surface area contributed by atoms with Gasteiger partial charge in [-0.25, -0.2) is 4.98 Å². The second-order valence-corrected chi connectivity index (χ2v) is 4.63. The summed E-state index contributed by atoms with van der Waals surface area (Å²) in [5.41, 5.74) is 1.20. The standard InChI is InChI=1S/C14H19N3O2/c1-3-13(18)17-9-5-8-12(17)10-6-4-7-11(16-10)14(19)15-2/h4,6-7,12H,3,5,8-9H2,1-2H3,(H,15,19)/t12-/m1/s1. The quantitative estimate of drug-likeness (QED) is 0.897. The van der Waals surface area contributed by atoms with E-state index in [0.717, 1.165) is 25.1 Å². The molecule has 102 valence electrons. The molecule has 1 atom stereocenters. The molecule has 19 heavy (non-hydrogen) atoms. The predicted molar refractivity (Wildman–Crippen MR) is 71.6 cm³/mol. The van der Waals surface area contributed by atoms with Gasteiger partial charge in [-0.15, -0.1) is 0 Å². The summed E-state index contributed by atoms with van der Waals surface area (Å²) in [6.07, 6.45) is 2.41. The maximum Gasteiger partial charge on any atom is 0.269 e. The van der Waals surface area contributed by atoms with Crippen molar-refractivity contribution in [2.45, 2.75) is 32.2 Å². The highest BCUT2D eigenvalue weighted by atomic mass is 16.2. The molecule has 0 saturated carbocycles. The average Bonchev–Trinajstić information content (AvgIpc) is 2.95. The van der Waals surface area contributed by atoms with E-state index in [0.29, 0.717) is 12.1 Å². The molecule has 5 heteroatoms. The van der Waals surface area contributed by atoms with E-state index in [9.17, 15) is 9.59 Å². The maximum atomic E-state index is 11.9. The van der Waals surface area contributed by atoms with Crippen molar-refractivity contribution in [3.8, 4) is 0 Å². The van der Waals surface area contributed by atoms with Gasteiger partial charge in [0.2, 0.25) is 5.91 Å². The Balaban J connectivity index is 2.26. The Morgan fingerprint density at radius 3 is 2.95 bits per heavy atom. The van der Waals surface area contributed by atoms with E-state index in [4.69, 9.17) is 0 Å². The van der Waals surface area contributed by atoms with Gasteiger partial charge in [0.15, 0.2) is 0 Å². The van der Waals surface area contributed by atoms with Crippen LogP contribution in [0.4, 0.5) is 0 Å². The summed E-state index contributed by atoms with van der Waals surface area (Å²) >= 11 is 0. The van der Waals surface area contributed by atoms with Crippen molar-refractivity contribution in [3.05, 3.63) is 29.6 Å². The number of rotatable bonds is 3. The van der Waals surface area contributed by atoms with Crippen LogP contribution in [0.1, 0.15) is 48.4 Å². The first-order valence-corrected chi connectivity index (χ1v) is 6.66. The summed E-state index contributed by atoms with van der Waals surface area (Å²) in [7, 11) is 1.58. The summed E-state index contributed by atoms with van der Waals surface area (Å²) in [4.78, 5) is 29.7. The Hall–Kier alpha value is -1.91. The number of carbonyl (C=O) groups excluding carboxylic acids is 2. The SMILES string of the molecule is CCC(=O)N1CCC[C@@H]1c1cccc(C(=O)NC)n1. The third-order valence-corrected chi connectivity index (χ3v) is 3.45. The van der Waals surface area contributed by atoms with Crippen LogP contribution in [-0.4, -0.2) is 35.3 Å². The number of amides is 2. The van der Waals surface area contributed by atoms with Gasteiger partial charge in [-0.3, -0.25) is 9.59 Å². The number of nitrogens with one attached hydrogen (secondary N) is 1. The van der Waals surface area contributed by atoms with Crippen LogP contribution in [0.15, 0.2) is 18.2 Å². The number of hydrogen-bond acceptors (Lipinski definition) is 3. The molecule has 1 fully saturated rings. The predicted octanol–water partition coefficient (Wildman–Crippen LogP) is 1.51. The molecule has 0 bridgehead atoms. The monoisotopic (exact) mass is 261 g/mol. The van der Waals surface area contributed by atoms with Crippen molar-refractivity contribution in [1.29, 1.82) is 0 Å². The van der Waals surface area contributed by atoms with Gasteiger partial charge in [-0.2, -0.15) is 0 Å². The molecule has 0 aliphatic carbocycles. The Kier molecular flexibility index (Phi) is 4.14. The number of carbonyl (C=O) groups is 2. The molecule has 0 spiro atoms. The summed E-state index contributed by atoms with van der Waals surface area (Å²) in [5, 5.41) is 2.56. The number of pyridine rings is 1. The number of likely N-dealkylation sites (tertiary alicyclic amines) is 1. The zero-order chi connectivity index (χ0) is 13.8. The van der Waals surface area contributed by atoms with Gasteiger partial charge >= 0.3 is 0 Å². The van der Waals surface area contributed by atoms with Gasteiger partial charge in [-0.1, -0.05) is 13.0 Å². The van der Waals surface area contributed by atoms with Crippen molar-refractivity contribution in [2.75, 3.05) is 13.6 Å². The fraction of sp³-hybridized carbons (Fsp3) is 0.500. The van der Waals surface area contributed by atoms with E-state index < -0.39 is 0 Å². The van der Waals surface area contributed by atoms with Gasteiger partial charge in [0.25, 0.3) is 5.91 Å². The topological polar surface area (TPSA) is 62.3 Å². The Morgan fingerprint density at radius 1 is 1.47 bits per heavy atom. The van der Waals surface area contributed by atoms with Crippen LogP contribution in [0.5, 0.6) is 0 Å². The van der Waals surface area contributed by atoms with Gasteiger partial charge in [0, 0.05) is 20.0 Å². The largest absolute Gasteiger partial charge is 0.354 e. The summed E-state index contributed by atoms with van der Waals surface area (Å²) < 4.78 is 0. The van der Waals surface area contributed by atoms with Crippen LogP contribution in [0.2, 0.25) is 0 Å². The normalized spacial score (nSPS) is 18.4. The molecular weight excluding hydrogens is 242 g/mol. The van der Waals surface area contributed by atoms with E-state index >= 15 is 0 Å². The zero-order valence-electron chi connectivity index (χ0n) is 11.3. The van der Waals surface area contributed by atoms with Crippen molar-refractivity contribution < 1.29 is 9.59 Å². The van der Waals surface area contributed by atoms with Crippen LogP contribution in [0.3, 0.4) is 0 Å². The van der Waals surface area contributed by atoms with Crippen LogP contribution < -0.4 is 5.32 Å². The molecule has 5 nitrogen and oxygen atoms in total. The molecule has 2 amide bonds. The highest BCUT2D eigenvalue weighted by Gasteiger charge is 2.30. The highest BCUT2D eigenvalue weighted by Crippen LogP contribution is 2.31. The molecule has 1 aliphatic heterocycles. The number of aromatic nitrogens is 1. The molecule has 1 saturated heterocycles. The van der Waals surface area contributed by atoms with Gasteiger partial charge in [-0.05, 0) is 25.0 Å². The second-order valence-electron chi connectivity index (χ2n) is 4.63. The lowest BCUT2D eigenvalue weighted by molar-refractivity contribution is -0.131. The summed E-state index contributed by atoms with van der Waals surface area (Å²) in [6, 6.07) is 5.40. The fourth-order valence-corrected chi connectivity index (χ4v) is 2.47. The maximum absolute atomic E-state index is 11.9. The van der Waals surface area contributed by atoms with Crippen LogP contribution >= 0.6 is 0 Å². The van der Waals surface area contributed by atoms with Crippen LogP contribution in [0, 0.1) is 0 Å². The van der Waals surface area contributed by atoms with Gasteiger partial charge in [0.1, 0.15) is 5.69 Å². The lowest BCUT2D eigenvalue weighted by Gasteiger charge is -2.24. The molecule has 1 N–H and O–H groups in total. The van der Waals surface area contributed by atoms with Gasteiger partial charge < -0.3 is 10.2 Å². The van der Waals surface area contributed by atoms with Crippen molar-refractivity contribution in [1.82, 2.24) is 15.2 Å². The van der Waals surface area contributed by atoms with E-state index in [2.05, 4.69) is 10.3 Å². The van der Waals surface area contributed by atoms with E-state index in [-0.39, 0.29) is 17.9 Å². The highest BCUT2D eigenvalue weighted by molar-refractivity contribution is 5.92. The lowest BCUT2D eigenvalue weighted by Crippen LogP contribution is -2.30. The Morgan fingerprint density at radius 2 is 2.26 bits per heavy atom. The van der Waals surface area contributed by atoms with Crippen molar-refractivity contribution in [2.24, 2.45) is 0 Å². The Bertz CT molecular complexity index is 487. The Labute approximate surface area is 113 Å². The minimum Gasteiger partial charge on any atom is -0.354 e. The molecule has 2 heterocycles. The van der Waals surface area contributed by atoms with E-state index in [1.54, 1.807) is 13.1 Å². The third kappa shape index (κ3) is 2.75. The van der Waals surface area contributed by atoms with E-state index in [1.165, 1.54) is 0 Å². The minimum absolute atomic E-state index is 0.0112. The van der Waals surface area contributed by atoms with Crippen molar-refractivity contribution in [3.63, 3.8) is 0 Å². The third-order valence-electron chi connectivity index (χ3n) is 3.45. The molecule has 0 aromatic carbocycles. The van der Waals surface area contributed by atoms with Crippen LogP contribution in [0.25, 0.3) is 0 Å². The second kappa shape index (κ2) is 5.82.